The van der Waals surface area contributed by atoms with Crippen molar-refractivity contribution in [3.8, 4) is 11.5 Å². The summed E-state index contributed by atoms with van der Waals surface area (Å²) < 4.78 is 11.6. The fraction of sp³-hybridized carbons (Fsp3) is 0.200. The number of fused-ring (bicyclic) bond motifs is 1. The molecule has 3 nitrogen and oxygen atoms in total. The molecule has 0 radical (unpaired) electrons. The molecule has 3 rings (SSSR count). The van der Waals surface area contributed by atoms with E-state index in [0.29, 0.717) is 11.6 Å². The molecular formula is C15H14ClNO2. The summed E-state index contributed by atoms with van der Waals surface area (Å²) in [4.78, 5) is 0. The minimum atomic E-state index is -0.245. The fourth-order valence-corrected chi connectivity index (χ4v) is 2.24. The molecule has 2 atom stereocenters. The number of para-hydroxylation sites is 2. The van der Waals surface area contributed by atoms with Crippen LogP contribution in [0.4, 0.5) is 0 Å². The summed E-state index contributed by atoms with van der Waals surface area (Å²) in [6.07, 6.45) is -0.198. The number of rotatable bonds is 2. The van der Waals surface area contributed by atoms with Gasteiger partial charge in [0.15, 0.2) is 17.6 Å². The number of hydrogen-bond donors (Lipinski definition) is 1. The van der Waals surface area contributed by atoms with Crippen LogP contribution in [0, 0.1) is 0 Å². The van der Waals surface area contributed by atoms with Crippen LogP contribution in [0.15, 0.2) is 48.5 Å². The van der Waals surface area contributed by atoms with Crippen molar-refractivity contribution in [1.29, 1.82) is 0 Å². The number of ether oxygens (including phenoxy) is 2. The smallest absolute Gasteiger partial charge is 0.161 e. The lowest BCUT2D eigenvalue weighted by Crippen LogP contribution is -2.38. The van der Waals surface area contributed by atoms with Crippen LogP contribution in [0.2, 0.25) is 5.02 Å². The molecule has 0 spiro atoms. The summed E-state index contributed by atoms with van der Waals surface area (Å²) >= 11 is 5.87. The molecule has 1 heterocycles. The van der Waals surface area contributed by atoms with Crippen molar-refractivity contribution in [2.75, 3.05) is 6.61 Å². The van der Waals surface area contributed by atoms with Gasteiger partial charge in [0, 0.05) is 5.02 Å². The second-order valence-electron chi connectivity index (χ2n) is 4.49. The Balaban J connectivity index is 1.79. The lowest BCUT2D eigenvalue weighted by atomic mass is 10.0. The summed E-state index contributed by atoms with van der Waals surface area (Å²) in [5.74, 6) is 1.50. The van der Waals surface area contributed by atoms with Crippen LogP contribution in [-0.4, -0.2) is 12.7 Å². The van der Waals surface area contributed by atoms with Crippen molar-refractivity contribution in [3.63, 3.8) is 0 Å². The summed E-state index contributed by atoms with van der Waals surface area (Å²) in [6, 6.07) is 14.8. The molecule has 0 saturated heterocycles. The van der Waals surface area contributed by atoms with Gasteiger partial charge in [0.1, 0.15) is 6.61 Å². The van der Waals surface area contributed by atoms with E-state index in [4.69, 9.17) is 26.8 Å². The molecule has 2 aromatic rings. The zero-order valence-corrected chi connectivity index (χ0v) is 11.0. The lowest BCUT2D eigenvalue weighted by Gasteiger charge is -2.30. The van der Waals surface area contributed by atoms with Gasteiger partial charge in [-0.3, -0.25) is 0 Å². The second kappa shape index (κ2) is 5.11. The molecule has 2 unspecified atom stereocenters. The molecule has 4 heteroatoms. The standard InChI is InChI=1S/C15H14ClNO2/c16-11-7-5-10(6-8-11)15(17)14-9-18-12-3-1-2-4-13(12)19-14/h1-8,14-15H,9,17H2. The quantitative estimate of drug-likeness (QED) is 0.915. The van der Waals surface area contributed by atoms with Crippen molar-refractivity contribution in [3.05, 3.63) is 59.1 Å². The van der Waals surface area contributed by atoms with Crippen molar-refractivity contribution in [2.24, 2.45) is 5.73 Å². The van der Waals surface area contributed by atoms with Gasteiger partial charge in [-0.15, -0.1) is 0 Å². The van der Waals surface area contributed by atoms with Gasteiger partial charge >= 0.3 is 0 Å². The summed E-state index contributed by atoms with van der Waals surface area (Å²) in [7, 11) is 0. The van der Waals surface area contributed by atoms with E-state index < -0.39 is 0 Å². The van der Waals surface area contributed by atoms with Crippen molar-refractivity contribution in [2.45, 2.75) is 12.1 Å². The normalized spacial score (nSPS) is 18.9. The number of nitrogens with two attached hydrogens (primary N) is 1. The second-order valence-corrected chi connectivity index (χ2v) is 4.93. The van der Waals surface area contributed by atoms with Gasteiger partial charge in [-0.2, -0.15) is 0 Å². The molecule has 1 aliphatic rings. The van der Waals surface area contributed by atoms with E-state index in [-0.39, 0.29) is 12.1 Å². The first kappa shape index (κ1) is 12.3. The fourth-order valence-electron chi connectivity index (χ4n) is 2.11. The molecule has 2 N–H and O–H groups in total. The predicted octanol–water partition coefficient (Wildman–Crippen LogP) is 3.18. The van der Waals surface area contributed by atoms with E-state index in [0.717, 1.165) is 17.1 Å². The molecule has 0 aliphatic carbocycles. The zero-order valence-electron chi connectivity index (χ0n) is 10.3. The predicted molar refractivity (Wildman–Crippen MR) is 74.7 cm³/mol. The van der Waals surface area contributed by atoms with E-state index >= 15 is 0 Å². The van der Waals surface area contributed by atoms with Gasteiger partial charge in [0.05, 0.1) is 6.04 Å². The molecule has 2 aromatic carbocycles. The van der Waals surface area contributed by atoms with Gasteiger partial charge in [-0.25, -0.2) is 0 Å². The van der Waals surface area contributed by atoms with Crippen LogP contribution in [0.5, 0.6) is 11.5 Å². The lowest BCUT2D eigenvalue weighted by molar-refractivity contribution is 0.0721. The molecule has 0 aromatic heterocycles. The van der Waals surface area contributed by atoms with Gasteiger partial charge in [0.2, 0.25) is 0 Å². The Morgan fingerprint density at radius 1 is 1.05 bits per heavy atom. The first-order valence-corrected chi connectivity index (χ1v) is 6.51. The van der Waals surface area contributed by atoms with Crippen LogP contribution in [-0.2, 0) is 0 Å². The maximum absolute atomic E-state index is 6.23. The largest absolute Gasteiger partial charge is 0.486 e. The highest BCUT2D eigenvalue weighted by Crippen LogP contribution is 2.33. The Labute approximate surface area is 116 Å². The monoisotopic (exact) mass is 275 g/mol. The highest BCUT2D eigenvalue weighted by molar-refractivity contribution is 6.30. The topological polar surface area (TPSA) is 44.5 Å². The third kappa shape index (κ3) is 2.53. The van der Waals surface area contributed by atoms with E-state index in [1.165, 1.54) is 0 Å². The maximum Gasteiger partial charge on any atom is 0.161 e. The molecule has 0 saturated carbocycles. The van der Waals surface area contributed by atoms with Crippen LogP contribution in [0.25, 0.3) is 0 Å². The van der Waals surface area contributed by atoms with Gasteiger partial charge in [-0.1, -0.05) is 35.9 Å². The van der Waals surface area contributed by atoms with E-state index in [1.807, 2.05) is 48.5 Å². The van der Waals surface area contributed by atoms with Gasteiger partial charge in [-0.05, 0) is 29.8 Å². The van der Waals surface area contributed by atoms with Crippen LogP contribution >= 0.6 is 11.6 Å². The molecule has 0 fully saturated rings. The third-order valence-corrected chi connectivity index (χ3v) is 3.44. The van der Waals surface area contributed by atoms with Crippen LogP contribution in [0.1, 0.15) is 11.6 Å². The highest BCUT2D eigenvalue weighted by Gasteiger charge is 2.27. The minimum Gasteiger partial charge on any atom is -0.486 e. The molecule has 1 aliphatic heterocycles. The summed E-state index contributed by atoms with van der Waals surface area (Å²) in [6.45, 7) is 0.445. The van der Waals surface area contributed by atoms with E-state index in [9.17, 15) is 0 Å². The molecule has 19 heavy (non-hydrogen) atoms. The SMILES string of the molecule is NC(c1ccc(Cl)cc1)C1COc2ccccc2O1. The first-order valence-electron chi connectivity index (χ1n) is 6.13. The third-order valence-electron chi connectivity index (χ3n) is 3.19. The number of halogens is 1. The average molecular weight is 276 g/mol. The Hall–Kier alpha value is -1.71. The van der Waals surface area contributed by atoms with Crippen LogP contribution < -0.4 is 15.2 Å². The first-order chi connectivity index (χ1) is 9.24. The number of benzene rings is 2. The van der Waals surface area contributed by atoms with E-state index in [2.05, 4.69) is 0 Å². The Morgan fingerprint density at radius 2 is 1.74 bits per heavy atom. The zero-order chi connectivity index (χ0) is 13.2. The summed E-state index contributed by atoms with van der Waals surface area (Å²) in [5.41, 5.74) is 7.21. The highest BCUT2D eigenvalue weighted by atomic mass is 35.5. The Kier molecular flexibility index (Phi) is 3.32. The van der Waals surface area contributed by atoms with Gasteiger partial charge < -0.3 is 15.2 Å². The number of hydrogen-bond acceptors (Lipinski definition) is 3. The van der Waals surface area contributed by atoms with Crippen molar-refractivity contribution >= 4 is 11.6 Å². The Bertz CT molecular complexity index is 571. The molecule has 98 valence electrons. The summed E-state index contributed by atoms with van der Waals surface area (Å²) in [5, 5.41) is 0.696. The van der Waals surface area contributed by atoms with Crippen LogP contribution in [0.3, 0.4) is 0 Å². The van der Waals surface area contributed by atoms with Gasteiger partial charge in [0.25, 0.3) is 0 Å². The molecule has 0 amide bonds. The van der Waals surface area contributed by atoms with Crippen molar-refractivity contribution < 1.29 is 9.47 Å². The maximum atomic E-state index is 6.23. The molecule has 0 bridgehead atoms. The Morgan fingerprint density at radius 3 is 2.47 bits per heavy atom. The molecular weight excluding hydrogens is 262 g/mol. The van der Waals surface area contributed by atoms with E-state index in [1.54, 1.807) is 0 Å². The average Bonchev–Trinajstić information content (AvgIpc) is 2.47. The minimum absolute atomic E-state index is 0.198. The van der Waals surface area contributed by atoms with Crippen molar-refractivity contribution in [1.82, 2.24) is 0 Å².